The average molecular weight is 274 g/mol. The van der Waals surface area contributed by atoms with Gasteiger partial charge in [0.1, 0.15) is 10.7 Å². The van der Waals surface area contributed by atoms with Crippen molar-refractivity contribution in [1.82, 2.24) is 15.0 Å². The maximum absolute atomic E-state index is 5.77. The summed E-state index contributed by atoms with van der Waals surface area (Å²) in [5.74, 6) is 0. The second kappa shape index (κ2) is 4.84. The molecule has 0 amide bonds. The van der Waals surface area contributed by atoms with Gasteiger partial charge >= 0.3 is 0 Å². The van der Waals surface area contributed by atoms with E-state index in [2.05, 4.69) is 15.0 Å². The molecule has 0 aliphatic rings. The predicted octanol–water partition coefficient (Wildman–Crippen LogP) is 3.92. The molecule has 88 valence electrons. The first kappa shape index (κ1) is 11.3. The van der Waals surface area contributed by atoms with Gasteiger partial charge in [0, 0.05) is 17.1 Å². The van der Waals surface area contributed by atoms with Crippen molar-refractivity contribution in [2.24, 2.45) is 0 Å². The molecule has 0 aliphatic heterocycles. The lowest BCUT2D eigenvalue weighted by Crippen LogP contribution is -1.86. The highest BCUT2D eigenvalue weighted by atomic mass is 35.5. The molecular formula is C13H8ClN3S. The molecule has 0 N–H and O–H groups in total. The number of rotatable bonds is 2. The minimum absolute atomic E-state index is 0.238. The second-order valence-electron chi connectivity index (χ2n) is 3.61. The normalized spacial score (nSPS) is 10.5. The maximum atomic E-state index is 5.77. The highest BCUT2D eigenvalue weighted by Gasteiger charge is 2.07. The van der Waals surface area contributed by atoms with Gasteiger partial charge in [-0.1, -0.05) is 30.3 Å². The Labute approximate surface area is 113 Å². The molecule has 2 heterocycles. The summed E-state index contributed by atoms with van der Waals surface area (Å²) >= 11 is 7.36. The van der Waals surface area contributed by atoms with E-state index in [9.17, 15) is 0 Å². The first-order valence-corrected chi connectivity index (χ1v) is 6.58. The Balaban J connectivity index is 2.00. The monoisotopic (exact) mass is 273 g/mol. The number of hydrogen-bond donors (Lipinski definition) is 0. The Morgan fingerprint density at radius 1 is 0.944 bits per heavy atom. The molecule has 0 bridgehead atoms. The van der Waals surface area contributed by atoms with Crippen molar-refractivity contribution in [1.29, 1.82) is 0 Å². The van der Waals surface area contributed by atoms with E-state index in [1.54, 1.807) is 23.6 Å². The molecule has 0 saturated heterocycles. The van der Waals surface area contributed by atoms with Crippen LogP contribution in [0.4, 0.5) is 0 Å². The van der Waals surface area contributed by atoms with Crippen LogP contribution in [-0.4, -0.2) is 15.0 Å². The second-order valence-corrected chi connectivity index (χ2v) is 4.81. The minimum Gasteiger partial charge on any atom is -0.234 e. The lowest BCUT2D eigenvalue weighted by Gasteiger charge is -1.96. The molecule has 0 saturated carbocycles. The topological polar surface area (TPSA) is 38.7 Å². The van der Waals surface area contributed by atoms with Gasteiger partial charge in [-0.15, -0.1) is 11.3 Å². The number of halogens is 1. The van der Waals surface area contributed by atoms with Crippen LogP contribution in [0.25, 0.3) is 22.0 Å². The molecule has 2 aromatic heterocycles. The van der Waals surface area contributed by atoms with Crippen LogP contribution in [0, 0.1) is 0 Å². The lowest BCUT2D eigenvalue weighted by molar-refractivity contribution is 1.16. The molecule has 0 fully saturated rings. The van der Waals surface area contributed by atoms with E-state index in [1.807, 2.05) is 35.7 Å². The minimum atomic E-state index is 0.238. The first-order chi connectivity index (χ1) is 8.83. The molecule has 3 rings (SSSR count). The average Bonchev–Trinajstić information content (AvgIpc) is 2.89. The molecule has 18 heavy (non-hydrogen) atoms. The summed E-state index contributed by atoms with van der Waals surface area (Å²) in [6, 6.07) is 11.9. The standard InChI is InChI=1S/C13H8ClN3S/c14-13-15-7-6-10(17-13)11-8-18-12(16-11)9-4-2-1-3-5-9/h1-8H. The van der Waals surface area contributed by atoms with E-state index >= 15 is 0 Å². The number of thiazole rings is 1. The molecule has 0 atom stereocenters. The van der Waals surface area contributed by atoms with Crippen LogP contribution in [0.3, 0.4) is 0 Å². The van der Waals surface area contributed by atoms with Gasteiger partial charge in [-0.05, 0) is 17.7 Å². The summed E-state index contributed by atoms with van der Waals surface area (Å²) in [4.78, 5) is 12.6. The molecule has 0 spiro atoms. The number of nitrogens with zero attached hydrogens (tertiary/aromatic N) is 3. The number of aromatic nitrogens is 3. The van der Waals surface area contributed by atoms with E-state index in [1.165, 1.54) is 0 Å². The fourth-order valence-electron chi connectivity index (χ4n) is 1.58. The van der Waals surface area contributed by atoms with Crippen molar-refractivity contribution in [3.8, 4) is 22.0 Å². The summed E-state index contributed by atoms with van der Waals surface area (Å²) in [5.41, 5.74) is 2.67. The molecule has 1 aromatic carbocycles. The zero-order chi connectivity index (χ0) is 12.4. The van der Waals surface area contributed by atoms with Crippen molar-refractivity contribution < 1.29 is 0 Å². The Hall–Kier alpha value is -1.78. The van der Waals surface area contributed by atoms with Crippen LogP contribution in [0.2, 0.25) is 5.28 Å². The number of benzene rings is 1. The van der Waals surface area contributed by atoms with Crippen molar-refractivity contribution in [3.05, 3.63) is 53.3 Å². The molecule has 0 radical (unpaired) electrons. The van der Waals surface area contributed by atoms with Crippen LogP contribution < -0.4 is 0 Å². The van der Waals surface area contributed by atoms with Gasteiger partial charge in [-0.25, -0.2) is 15.0 Å². The fourth-order valence-corrected chi connectivity index (χ4v) is 2.55. The van der Waals surface area contributed by atoms with Crippen LogP contribution in [-0.2, 0) is 0 Å². The largest absolute Gasteiger partial charge is 0.234 e. The van der Waals surface area contributed by atoms with E-state index in [0.29, 0.717) is 0 Å². The van der Waals surface area contributed by atoms with Gasteiger partial charge in [-0.2, -0.15) is 0 Å². The first-order valence-electron chi connectivity index (χ1n) is 5.33. The molecule has 3 aromatic rings. The lowest BCUT2D eigenvalue weighted by atomic mass is 10.2. The molecule has 0 unspecified atom stereocenters. The smallest absolute Gasteiger partial charge is 0.222 e. The van der Waals surface area contributed by atoms with E-state index < -0.39 is 0 Å². The number of hydrogen-bond acceptors (Lipinski definition) is 4. The predicted molar refractivity (Wildman–Crippen MR) is 73.6 cm³/mol. The van der Waals surface area contributed by atoms with E-state index in [-0.39, 0.29) is 5.28 Å². The van der Waals surface area contributed by atoms with Gasteiger partial charge in [0.2, 0.25) is 5.28 Å². The molecule has 5 heteroatoms. The van der Waals surface area contributed by atoms with Crippen LogP contribution in [0.15, 0.2) is 48.0 Å². The third-order valence-electron chi connectivity index (χ3n) is 2.41. The Morgan fingerprint density at radius 2 is 1.78 bits per heavy atom. The van der Waals surface area contributed by atoms with E-state index in [0.717, 1.165) is 22.0 Å². The zero-order valence-electron chi connectivity index (χ0n) is 9.25. The van der Waals surface area contributed by atoms with Crippen molar-refractivity contribution >= 4 is 22.9 Å². The van der Waals surface area contributed by atoms with Gasteiger partial charge < -0.3 is 0 Å². The van der Waals surface area contributed by atoms with Crippen LogP contribution >= 0.6 is 22.9 Å². The van der Waals surface area contributed by atoms with Crippen molar-refractivity contribution in [2.75, 3.05) is 0 Å². The Morgan fingerprint density at radius 3 is 2.56 bits per heavy atom. The van der Waals surface area contributed by atoms with Crippen molar-refractivity contribution in [3.63, 3.8) is 0 Å². The van der Waals surface area contributed by atoms with Gasteiger partial charge in [-0.3, -0.25) is 0 Å². The van der Waals surface area contributed by atoms with Gasteiger partial charge in [0.15, 0.2) is 0 Å². The highest BCUT2D eigenvalue weighted by molar-refractivity contribution is 7.13. The summed E-state index contributed by atoms with van der Waals surface area (Å²) in [6.45, 7) is 0. The quantitative estimate of drug-likeness (QED) is 0.664. The third kappa shape index (κ3) is 2.25. The Kier molecular flexibility index (Phi) is 3.04. The fraction of sp³-hybridized carbons (Fsp3) is 0. The van der Waals surface area contributed by atoms with Crippen LogP contribution in [0.1, 0.15) is 0 Å². The SMILES string of the molecule is Clc1nccc(-c2csc(-c3ccccc3)n2)n1. The van der Waals surface area contributed by atoms with Gasteiger partial charge in [0.05, 0.1) is 5.69 Å². The maximum Gasteiger partial charge on any atom is 0.222 e. The van der Waals surface area contributed by atoms with Crippen LogP contribution in [0.5, 0.6) is 0 Å². The highest BCUT2D eigenvalue weighted by Crippen LogP contribution is 2.27. The molecule has 0 aliphatic carbocycles. The molecule has 3 nitrogen and oxygen atoms in total. The Bertz CT molecular complexity index is 667. The van der Waals surface area contributed by atoms with Gasteiger partial charge in [0.25, 0.3) is 0 Å². The third-order valence-corrected chi connectivity index (χ3v) is 3.49. The van der Waals surface area contributed by atoms with E-state index in [4.69, 9.17) is 11.6 Å². The molecular weight excluding hydrogens is 266 g/mol. The zero-order valence-corrected chi connectivity index (χ0v) is 10.8. The summed E-state index contributed by atoms with van der Waals surface area (Å²) in [7, 11) is 0. The summed E-state index contributed by atoms with van der Waals surface area (Å²) < 4.78 is 0. The van der Waals surface area contributed by atoms with Crippen molar-refractivity contribution in [2.45, 2.75) is 0 Å². The summed E-state index contributed by atoms with van der Waals surface area (Å²) in [5, 5.41) is 3.18. The summed E-state index contributed by atoms with van der Waals surface area (Å²) in [6.07, 6.45) is 1.63.